The van der Waals surface area contributed by atoms with Gasteiger partial charge in [0.05, 0.1) is 16.8 Å². The predicted molar refractivity (Wildman–Crippen MR) is 137 cm³/mol. The van der Waals surface area contributed by atoms with Crippen LogP contribution >= 0.6 is 23.4 Å². The van der Waals surface area contributed by atoms with E-state index in [0.29, 0.717) is 17.4 Å². The number of hydrogen-bond acceptors (Lipinski definition) is 6. The van der Waals surface area contributed by atoms with Crippen molar-refractivity contribution < 1.29 is 9.47 Å². The lowest BCUT2D eigenvalue weighted by Crippen LogP contribution is -2.09. The number of fused-ring (bicyclic) bond motifs is 1. The SMILES string of the molecule is C=CN(/C=C\C)c1cc(C)nc2c(OCc3c(Cl)cncc3SC[C@@H]3CCCO3)cccc12. The number of benzene rings is 1. The van der Waals surface area contributed by atoms with Crippen molar-refractivity contribution in [2.45, 2.75) is 44.3 Å². The summed E-state index contributed by atoms with van der Waals surface area (Å²) in [7, 11) is 0. The van der Waals surface area contributed by atoms with Crippen LogP contribution < -0.4 is 9.64 Å². The molecule has 0 N–H and O–H groups in total. The number of hydrogen-bond donors (Lipinski definition) is 0. The molecule has 0 spiro atoms. The van der Waals surface area contributed by atoms with Crippen LogP contribution in [0.5, 0.6) is 5.75 Å². The molecule has 0 amide bonds. The summed E-state index contributed by atoms with van der Waals surface area (Å²) in [6, 6.07) is 8.02. The second-order valence-corrected chi connectivity index (χ2v) is 9.31. The van der Waals surface area contributed by atoms with E-state index < -0.39 is 0 Å². The van der Waals surface area contributed by atoms with Gasteiger partial charge in [0, 0.05) is 58.7 Å². The van der Waals surface area contributed by atoms with Crippen molar-refractivity contribution in [3.8, 4) is 5.75 Å². The smallest absolute Gasteiger partial charge is 0.146 e. The summed E-state index contributed by atoms with van der Waals surface area (Å²) in [5.74, 6) is 1.60. The predicted octanol–water partition coefficient (Wildman–Crippen LogP) is 6.93. The monoisotopic (exact) mass is 481 g/mol. The van der Waals surface area contributed by atoms with Crippen molar-refractivity contribution in [1.82, 2.24) is 9.97 Å². The minimum Gasteiger partial charge on any atom is -0.487 e. The molecule has 7 heteroatoms. The summed E-state index contributed by atoms with van der Waals surface area (Å²) in [5, 5.41) is 1.59. The quantitative estimate of drug-likeness (QED) is 0.309. The Bertz CT molecular complexity index is 1160. The van der Waals surface area contributed by atoms with Crippen LogP contribution in [-0.4, -0.2) is 28.4 Å². The van der Waals surface area contributed by atoms with Crippen molar-refractivity contribution in [2.24, 2.45) is 0 Å². The molecular weight excluding hydrogens is 454 g/mol. The van der Waals surface area contributed by atoms with Gasteiger partial charge in [-0.05, 0) is 38.8 Å². The standard InChI is InChI=1S/C26H28ClN3O2S/c1-4-11-30(5-2)23-13-18(3)29-26-20(23)9-6-10-24(26)32-16-21-22(27)14-28-15-25(21)33-17-19-8-7-12-31-19/h4-6,9-11,13-15,19H,2,7-8,12,16-17H2,1,3H3/b11-4-/t19-/m0/s1. The number of allylic oxidation sites excluding steroid dienone is 1. The minimum absolute atomic E-state index is 0.288. The Morgan fingerprint density at radius 2 is 2.24 bits per heavy atom. The highest BCUT2D eigenvalue weighted by molar-refractivity contribution is 7.99. The fraction of sp³-hybridized carbons (Fsp3) is 0.308. The number of aromatic nitrogens is 2. The van der Waals surface area contributed by atoms with Crippen LogP contribution in [0.2, 0.25) is 5.02 Å². The number of rotatable bonds is 9. The fourth-order valence-electron chi connectivity index (χ4n) is 3.88. The van der Waals surface area contributed by atoms with E-state index in [0.717, 1.165) is 57.9 Å². The maximum Gasteiger partial charge on any atom is 0.146 e. The first-order valence-electron chi connectivity index (χ1n) is 11.0. The van der Waals surface area contributed by atoms with Gasteiger partial charge in [-0.15, -0.1) is 11.8 Å². The lowest BCUT2D eigenvalue weighted by Gasteiger charge is -2.19. The van der Waals surface area contributed by atoms with Crippen molar-refractivity contribution in [1.29, 1.82) is 0 Å². The number of halogens is 1. The van der Waals surface area contributed by atoms with E-state index in [1.807, 2.05) is 61.5 Å². The number of para-hydroxylation sites is 1. The number of ether oxygens (including phenoxy) is 2. The zero-order valence-electron chi connectivity index (χ0n) is 19.0. The molecule has 0 radical (unpaired) electrons. The van der Waals surface area contributed by atoms with Crippen LogP contribution in [-0.2, 0) is 11.3 Å². The first kappa shape index (κ1) is 23.6. The van der Waals surface area contributed by atoms with Gasteiger partial charge in [-0.2, -0.15) is 0 Å². The minimum atomic E-state index is 0.288. The number of aryl methyl sites for hydroxylation is 1. The van der Waals surface area contributed by atoms with Crippen LogP contribution in [0.1, 0.15) is 31.0 Å². The normalized spacial score (nSPS) is 15.9. The van der Waals surface area contributed by atoms with Crippen molar-refractivity contribution in [2.75, 3.05) is 17.3 Å². The first-order chi connectivity index (χ1) is 16.1. The van der Waals surface area contributed by atoms with Crippen LogP contribution in [0.25, 0.3) is 10.9 Å². The van der Waals surface area contributed by atoms with Crippen LogP contribution in [0.15, 0.2) is 66.6 Å². The highest BCUT2D eigenvalue weighted by Gasteiger charge is 2.18. The maximum atomic E-state index is 6.53. The van der Waals surface area contributed by atoms with Gasteiger partial charge >= 0.3 is 0 Å². The number of nitrogens with zero attached hydrogens (tertiary/aromatic N) is 3. The maximum absolute atomic E-state index is 6.53. The van der Waals surface area contributed by atoms with Gasteiger partial charge in [-0.1, -0.05) is 36.4 Å². The van der Waals surface area contributed by atoms with E-state index in [9.17, 15) is 0 Å². The van der Waals surface area contributed by atoms with Crippen molar-refractivity contribution in [3.05, 3.63) is 78.0 Å². The Morgan fingerprint density at radius 1 is 1.36 bits per heavy atom. The molecule has 1 aromatic carbocycles. The van der Waals surface area contributed by atoms with Crippen LogP contribution in [0.3, 0.4) is 0 Å². The van der Waals surface area contributed by atoms with Gasteiger partial charge in [0.1, 0.15) is 17.9 Å². The van der Waals surface area contributed by atoms with E-state index in [4.69, 9.17) is 26.1 Å². The third kappa shape index (κ3) is 5.52. The molecule has 172 valence electrons. The van der Waals surface area contributed by atoms with Gasteiger partial charge in [0.2, 0.25) is 0 Å². The molecule has 1 aliphatic heterocycles. The summed E-state index contributed by atoms with van der Waals surface area (Å²) in [6.07, 6.45) is 11.8. The summed E-state index contributed by atoms with van der Waals surface area (Å²) in [5.41, 5.74) is 3.65. The fourth-order valence-corrected chi connectivity index (χ4v) is 5.25. The number of anilines is 1. The van der Waals surface area contributed by atoms with Crippen molar-refractivity contribution in [3.63, 3.8) is 0 Å². The average Bonchev–Trinajstić information content (AvgIpc) is 3.34. The third-order valence-electron chi connectivity index (χ3n) is 5.48. The van der Waals surface area contributed by atoms with Gasteiger partial charge < -0.3 is 14.4 Å². The van der Waals surface area contributed by atoms with Gasteiger partial charge in [-0.25, -0.2) is 4.98 Å². The number of thioether (sulfide) groups is 1. The Labute approximate surface area is 204 Å². The molecule has 1 aliphatic rings. The Hall–Kier alpha value is -2.54. The van der Waals surface area contributed by atoms with E-state index in [1.165, 1.54) is 0 Å². The zero-order valence-corrected chi connectivity index (χ0v) is 20.5. The molecule has 3 heterocycles. The van der Waals surface area contributed by atoms with Gasteiger partial charge in [-0.3, -0.25) is 4.98 Å². The molecule has 3 aromatic rings. The van der Waals surface area contributed by atoms with Gasteiger partial charge in [0.25, 0.3) is 0 Å². The third-order valence-corrected chi connectivity index (χ3v) is 7.01. The molecule has 1 atom stereocenters. The molecule has 5 nitrogen and oxygen atoms in total. The molecule has 33 heavy (non-hydrogen) atoms. The number of pyridine rings is 2. The molecule has 0 saturated carbocycles. The second-order valence-electron chi connectivity index (χ2n) is 7.84. The first-order valence-corrected chi connectivity index (χ1v) is 12.4. The lowest BCUT2D eigenvalue weighted by atomic mass is 10.1. The lowest BCUT2D eigenvalue weighted by molar-refractivity contribution is 0.129. The van der Waals surface area contributed by atoms with Gasteiger partial charge in [0.15, 0.2) is 0 Å². The molecule has 0 bridgehead atoms. The van der Waals surface area contributed by atoms with E-state index >= 15 is 0 Å². The molecule has 4 rings (SSSR count). The largest absolute Gasteiger partial charge is 0.487 e. The molecule has 0 aliphatic carbocycles. The molecule has 2 aromatic heterocycles. The highest BCUT2D eigenvalue weighted by atomic mass is 35.5. The second kappa shape index (κ2) is 11.1. The van der Waals surface area contributed by atoms with Crippen molar-refractivity contribution >= 4 is 40.0 Å². The zero-order chi connectivity index (χ0) is 23.2. The highest BCUT2D eigenvalue weighted by Crippen LogP contribution is 2.35. The Balaban J connectivity index is 1.61. The Morgan fingerprint density at radius 3 is 3.00 bits per heavy atom. The summed E-state index contributed by atoms with van der Waals surface area (Å²) in [4.78, 5) is 12.1. The summed E-state index contributed by atoms with van der Waals surface area (Å²) >= 11 is 8.25. The Kier molecular flexibility index (Phi) is 7.91. The molecule has 1 fully saturated rings. The summed E-state index contributed by atoms with van der Waals surface area (Å²) < 4.78 is 12.1. The molecule has 1 saturated heterocycles. The average molecular weight is 482 g/mol. The molecule has 0 unspecified atom stereocenters. The van der Waals surface area contributed by atoms with E-state index in [1.54, 1.807) is 24.2 Å². The summed E-state index contributed by atoms with van der Waals surface area (Å²) in [6.45, 7) is 9.09. The topological polar surface area (TPSA) is 47.5 Å². The van der Waals surface area contributed by atoms with E-state index in [-0.39, 0.29) is 6.10 Å². The van der Waals surface area contributed by atoms with Crippen LogP contribution in [0, 0.1) is 6.92 Å². The molecular formula is C26H28ClN3O2S. The van der Waals surface area contributed by atoms with E-state index in [2.05, 4.69) is 11.6 Å². The van der Waals surface area contributed by atoms with Crippen LogP contribution in [0.4, 0.5) is 5.69 Å².